The minimum Gasteiger partial charge on any atom is -0.490 e. The molecular weight excluding hydrogens is 271 g/mol. The molecule has 1 aromatic carbocycles. The molecule has 0 bridgehead atoms. The van der Waals surface area contributed by atoms with Crippen molar-refractivity contribution in [3.8, 4) is 5.75 Å². The monoisotopic (exact) mass is 292 g/mol. The van der Waals surface area contributed by atoms with Gasteiger partial charge in [-0.15, -0.1) is 0 Å². The van der Waals surface area contributed by atoms with Crippen molar-refractivity contribution in [2.24, 2.45) is 0 Å². The summed E-state index contributed by atoms with van der Waals surface area (Å²) in [7, 11) is 0. The number of carbonyl (C=O) groups is 1. The van der Waals surface area contributed by atoms with Crippen LogP contribution in [-0.2, 0) is 11.3 Å². The van der Waals surface area contributed by atoms with Crippen LogP contribution in [0.15, 0.2) is 24.3 Å². The van der Waals surface area contributed by atoms with Crippen LogP contribution in [0.25, 0.3) is 0 Å². The number of hydrogen-bond acceptors (Lipinski definition) is 3. The predicted octanol–water partition coefficient (Wildman–Crippen LogP) is 1.93. The van der Waals surface area contributed by atoms with Crippen LogP contribution in [0, 0.1) is 0 Å². The Morgan fingerprint density at radius 3 is 2.86 bits per heavy atom. The average Bonchev–Trinajstić information content (AvgIpc) is 2.88. The minimum atomic E-state index is -0.921. The maximum absolute atomic E-state index is 13.1. The molecule has 1 aliphatic heterocycles. The molecule has 4 nitrogen and oxygen atoms in total. The van der Waals surface area contributed by atoms with E-state index in [0.29, 0.717) is 12.6 Å². The van der Waals surface area contributed by atoms with Gasteiger partial charge in [-0.05, 0) is 25.3 Å². The van der Waals surface area contributed by atoms with E-state index in [-0.39, 0.29) is 18.9 Å². The molecule has 1 aromatic rings. The van der Waals surface area contributed by atoms with Crippen molar-refractivity contribution in [1.82, 2.24) is 10.6 Å². The van der Waals surface area contributed by atoms with E-state index in [1.54, 1.807) is 0 Å². The zero-order valence-electron chi connectivity index (χ0n) is 12.0. The minimum absolute atomic E-state index is 0.145. The van der Waals surface area contributed by atoms with Crippen LogP contribution in [0.2, 0.25) is 0 Å². The first-order valence-corrected chi connectivity index (χ1v) is 7.62. The fourth-order valence-corrected chi connectivity index (χ4v) is 2.63. The molecule has 1 saturated carbocycles. The van der Waals surface area contributed by atoms with Crippen molar-refractivity contribution in [3.05, 3.63) is 29.8 Å². The first kappa shape index (κ1) is 14.3. The SMILES string of the molecule is O=C(NCc1ccccc1OC1CCC1)[C@H]1C[C@H](F)CN1. The zero-order chi connectivity index (χ0) is 14.7. The van der Waals surface area contributed by atoms with E-state index >= 15 is 0 Å². The summed E-state index contributed by atoms with van der Waals surface area (Å²) in [6.07, 6.45) is 3.07. The molecule has 1 heterocycles. The summed E-state index contributed by atoms with van der Waals surface area (Å²) in [6.45, 7) is 0.677. The molecule has 21 heavy (non-hydrogen) atoms. The molecule has 0 radical (unpaired) electrons. The number of halogens is 1. The Balaban J connectivity index is 1.55. The average molecular weight is 292 g/mol. The van der Waals surface area contributed by atoms with Gasteiger partial charge in [0.1, 0.15) is 11.9 Å². The highest BCUT2D eigenvalue weighted by Crippen LogP contribution is 2.27. The zero-order valence-corrected chi connectivity index (χ0v) is 12.0. The number of para-hydroxylation sites is 1. The number of benzene rings is 1. The second-order valence-corrected chi connectivity index (χ2v) is 5.79. The van der Waals surface area contributed by atoms with Crippen molar-refractivity contribution in [2.75, 3.05) is 6.54 Å². The molecule has 114 valence electrons. The van der Waals surface area contributed by atoms with E-state index in [2.05, 4.69) is 10.6 Å². The topological polar surface area (TPSA) is 50.4 Å². The van der Waals surface area contributed by atoms with Crippen LogP contribution in [0.1, 0.15) is 31.2 Å². The fourth-order valence-electron chi connectivity index (χ4n) is 2.63. The van der Waals surface area contributed by atoms with Gasteiger partial charge in [-0.1, -0.05) is 18.2 Å². The van der Waals surface area contributed by atoms with Crippen molar-refractivity contribution >= 4 is 5.91 Å². The van der Waals surface area contributed by atoms with Crippen LogP contribution in [0.3, 0.4) is 0 Å². The van der Waals surface area contributed by atoms with Gasteiger partial charge in [0, 0.05) is 25.1 Å². The Hall–Kier alpha value is -1.62. The predicted molar refractivity (Wildman–Crippen MR) is 77.9 cm³/mol. The lowest BCUT2D eigenvalue weighted by Crippen LogP contribution is -2.40. The molecule has 2 atom stereocenters. The Kier molecular flexibility index (Phi) is 4.39. The quantitative estimate of drug-likeness (QED) is 0.872. The lowest BCUT2D eigenvalue weighted by molar-refractivity contribution is -0.123. The molecule has 2 fully saturated rings. The van der Waals surface area contributed by atoms with E-state index < -0.39 is 12.2 Å². The molecule has 0 unspecified atom stereocenters. The second kappa shape index (κ2) is 6.43. The molecule has 5 heteroatoms. The molecule has 1 aliphatic carbocycles. The molecule has 0 aromatic heterocycles. The summed E-state index contributed by atoms with van der Waals surface area (Å²) >= 11 is 0. The Bertz CT molecular complexity index is 505. The molecule has 1 amide bonds. The van der Waals surface area contributed by atoms with Gasteiger partial charge in [0.25, 0.3) is 0 Å². The van der Waals surface area contributed by atoms with E-state index in [9.17, 15) is 9.18 Å². The summed E-state index contributed by atoms with van der Waals surface area (Å²) in [5.41, 5.74) is 0.965. The normalized spacial score (nSPS) is 25.4. The van der Waals surface area contributed by atoms with Crippen molar-refractivity contribution in [3.63, 3.8) is 0 Å². The van der Waals surface area contributed by atoms with E-state index in [1.165, 1.54) is 6.42 Å². The third-order valence-electron chi connectivity index (χ3n) is 4.17. The summed E-state index contributed by atoms with van der Waals surface area (Å²) in [5, 5.41) is 5.75. The number of hydrogen-bond donors (Lipinski definition) is 2. The molecule has 2 N–H and O–H groups in total. The highest BCUT2D eigenvalue weighted by molar-refractivity contribution is 5.82. The van der Waals surface area contributed by atoms with Gasteiger partial charge in [-0.25, -0.2) is 4.39 Å². The smallest absolute Gasteiger partial charge is 0.237 e. The van der Waals surface area contributed by atoms with Crippen LogP contribution >= 0.6 is 0 Å². The number of amides is 1. The Morgan fingerprint density at radius 2 is 2.19 bits per heavy atom. The van der Waals surface area contributed by atoms with Crippen molar-refractivity contribution in [1.29, 1.82) is 0 Å². The maximum Gasteiger partial charge on any atom is 0.237 e. The van der Waals surface area contributed by atoms with E-state index in [1.807, 2.05) is 24.3 Å². The number of alkyl halides is 1. The number of ether oxygens (including phenoxy) is 1. The Morgan fingerprint density at radius 1 is 1.38 bits per heavy atom. The van der Waals surface area contributed by atoms with Crippen LogP contribution in [0.4, 0.5) is 4.39 Å². The fraction of sp³-hybridized carbons (Fsp3) is 0.562. The van der Waals surface area contributed by atoms with E-state index in [0.717, 1.165) is 24.2 Å². The number of nitrogens with one attached hydrogen (secondary N) is 2. The maximum atomic E-state index is 13.1. The van der Waals surface area contributed by atoms with Gasteiger partial charge in [0.2, 0.25) is 5.91 Å². The molecule has 2 aliphatic rings. The lowest BCUT2D eigenvalue weighted by Gasteiger charge is -2.27. The van der Waals surface area contributed by atoms with Gasteiger partial charge < -0.3 is 15.4 Å². The second-order valence-electron chi connectivity index (χ2n) is 5.79. The molecule has 3 rings (SSSR count). The van der Waals surface area contributed by atoms with Gasteiger partial charge in [0.05, 0.1) is 12.1 Å². The molecular formula is C16H21FN2O2. The summed E-state index contributed by atoms with van der Waals surface area (Å²) in [5.74, 6) is 0.693. The van der Waals surface area contributed by atoms with Crippen molar-refractivity contribution in [2.45, 2.75) is 50.5 Å². The summed E-state index contributed by atoms with van der Waals surface area (Å²) < 4.78 is 19.0. The number of rotatable bonds is 5. The van der Waals surface area contributed by atoms with Gasteiger partial charge in [-0.2, -0.15) is 0 Å². The van der Waals surface area contributed by atoms with Crippen LogP contribution in [-0.4, -0.2) is 30.8 Å². The highest BCUT2D eigenvalue weighted by Gasteiger charge is 2.29. The largest absolute Gasteiger partial charge is 0.490 e. The van der Waals surface area contributed by atoms with Crippen LogP contribution < -0.4 is 15.4 Å². The third-order valence-corrected chi connectivity index (χ3v) is 4.17. The van der Waals surface area contributed by atoms with Gasteiger partial charge >= 0.3 is 0 Å². The number of carbonyl (C=O) groups excluding carboxylic acids is 1. The first-order chi connectivity index (χ1) is 10.2. The van der Waals surface area contributed by atoms with Crippen molar-refractivity contribution < 1.29 is 13.9 Å². The summed E-state index contributed by atoms with van der Waals surface area (Å²) in [4.78, 5) is 12.0. The highest BCUT2D eigenvalue weighted by atomic mass is 19.1. The standard InChI is InChI=1S/C16H21FN2O2/c17-12-8-14(18-10-12)16(20)19-9-11-4-1-2-7-15(11)21-13-5-3-6-13/h1-2,4,7,12-14,18H,3,5-6,8-10H2,(H,19,20)/t12-,14+/m0/s1. The van der Waals surface area contributed by atoms with Gasteiger partial charge in [-0.3, -0.25) is 4.79 Å². The van der Waals surface area contributed by atoms with Gasteiger partial charge in [0.15, 0.2) is 0 Å². The Labute approximate surface area is 124 Å². The molecule has 0 spiro atoms. The summed E-state index contributed by atoms with van der Waals surface area (Å²) in [6, 6.07) is 7.34. The lowest BCUT2D eigenvalue weighted by atomic mass is 9.96. The third kappa shape index (κ3) is 3.53. The van der Waals surface area contributed by atoms with E-state index in [4.69, 9.17) is 4.74 Å². The first-order valence-electron chi connectivity index (χ1n) is 7.62. The van der Waals surface area contributed by atoms with Crippen LogP contribution in [0.5, 0.6) is 5.75 Å². The molecule has 1 saturated heterocycles.